The fourth-order valence-electron chi connectivity index (χ4n) is 1.45. The van der Waals surface area contributed by atoms with Gasteiger partial charge >= 0.3 is 85.4 Å². The van der Waals surface area contributed by atoms with E-state index in [0.29, 0.717) is 15.0 Å². The van der Waals surface area contributed by atoms with E-state index in [1.807, 2.05) is 0 Å². The normalized spacial score (nSPS) is 10.3. The number of halogens is 1. The van der Waals surface area contributed by atoms with Crippen LogP contribution in [-0.4, -0.2) is 19.7 Å². The molecule has 0 N–H and O–H groups in total. The summed E-state index contributed by atoms with van der Waals surface area (Å²) in [5, 5.41) is 0. The summed E-state index contributed by atoms with van der Waals surface area (Å²) in [6.45, 7) is 6.48. The molecule has 0 spiro atoms. The molecule has 0 fully saturated rings. The Morgan fingerprint density at radius 2 is 1.67 bits per heavy atom. The van der Waals surface area contributed by atoms with Gasteiger partial charge in [0.1, 0.15) is 0 Å². The van der Waals surface area contributed by atoms with Gasteiger partial charge in [0.05, 0.1) is 0 Å². The zero-order valence-electron chi connectivity index (χ0n) is 7.65. The Morgan fingerprint density at radius 1 is 1.17 bits per heavy atom. The van der Waals surface area contributed by atoms with Crippen LogP contribution in [0.4, 0.5) is 0 Å². The number of benzene rings is 1. The van der Waals surface area contributed by atoms with Gasteiger partial charge in [-0.2, -0.15) is 0 Å². The van der Waals surface area contributed by atoms with Crippen molar-refractivity contribution in [2.45, 2.75) is 20.8 Å². The van der Waals surface area contributed by atoms with Crippen molar-refractivity contribution >= 4 is 31.0 Å². The Balaban J connectivity index is 3.10. The first kappa shape index (κ1) is 10.1. The van der Waals surface area contributed by atoms with Crippen molar-refractivity contribution in [2.75, 3.05) is 4.78 Å². The Bertz CT molecular complexity index is 258. The first-order valence-electron chi connectivity index (χ1n) is 3.91. The fraction of sp³-hybridized carbons (Fsp3) is 0.400. The molecular formula is C10H13ClSe. The molecule has 0 aromatic heterocycles. The molecule has 66 valence electrons. The van der Waals surface area contributed by atoms with Crippen molar-refractivity contribution in [1.82, 2.24) is 0 Å². The van der Waals surface area contributed by atoms with Gasteiger partial charge in [0, 0.05) is 0 Å². The van der Waals surface area contributed by atoms with Crippen LogP contribution in [0.1, 0.15) is 16.7 Å². The summed E-state index contributed by atoms with van der Waals surface area (Å²) in [6, 6.07) is 4.47. The third-order valence-electron chi connectivity index (χ3n) is 1.80. The van der Waals surface area contributed by atoms with Crippen LogP contribution in [0.2, 0.25) is 0 Å². The average Bonchev–Trinajstić information content (AvgIpc) is 1.96. The molecule has 0 aliphatic rings. The van der Waals surface area contributed by atoms with Gasteiger partial charge in [0.2, 0.25) is 0 Å². The molecule has 0 bridgehead atoms. The molecule has 0 atom stereocenters. The van der Waals surface area contributed by atoms with Gasteiger partial charge in [-0.1, -0.05) is 0 Å². The van der Waals surface area contributed by atoms with Crippen LogP contribution in [0.15, 0.2) is 12.1 Å². The molecule has 12 heavy (non-hydrogen) atoms. The fourth-order valence-corrected chi connectivity index (χ4v) is 3.45. The molecule has 0 radical (unpaired) electrons. The van der Waals surface area contributed by atoms with Crippen molar-refractivity contribution < 1.29 is 0 Å². The molecule has 0 nitrogen and oxygen atoms in total. The van der Waals surface area contributed by atoms with Crippen molar-refractivity contribution in [3.63, 3.8) is 0 Å². The summed E-state index contributed by atoms with van der Waals surface area (Å²) >= 11 is 6.20. The standard InChI is InChI=1S/C10H13ClSe/c1-7-4-8(2)10(12-6-11)9(3)5-7/h4-5H,6H2,1-3H3. The number of aryl methyl sites for hydroxylation is 3. The Hall–Kier alpha value is 0.0295. The molecule has 0 aliphatic heterocycles. The molecular weight excluding hydrogens is 235 g/mol. The average molecular weight is 248 g/mol. The maximum absolute atomic E-state index is 5.75. The van der Waals surface area contributed by atoms with Gasteiger partial charge in [0.15, 0.2) is 0 Å². The van der Waals surface area contributed by atoms with Gasteiger partial charge in [-0.25, -0.2) is 0 Å². The summed E-state index contributed by atoms with van der Waals surface area (Å²) < 4.78 is 2.25. The second-order valence-corrected chi connectivity index (χ2v) is 6.04. The Kier molecular flexibility index (Phi) is 3.64. The molecule has 0 saturated carbocycles. The second kappa shape index (κ2) is 4.32. The first-order chi connectivity index (χ1) is 5.65. The van der Waals surface area contributed by atoms with E-state index in [9.17, 15) is 0 Å². The van der Waals surface area contributed by atoms with Crippen LogP contribution >= 0.6 is 11.6 Å². The number of rotatable bonds is 2. The van der Waals surface area contributed by atoms with Gasteiger partial charge < -0.3 is 0 Å². The van der Waals surface area contributed by atoms with Crippen molar-refractivity contribution in [1.29, 1.82) is 0 Å². The number of hydrogen-bond acceptors (Lipinski definition) is 0. The van der Waals surface area contributed by atoms with E-state index in [1.165, 1.54) is 21.2 Å². The molecule has 0 aliphatic carbocycles. The van der Waals surface area contributed by atoms with E-state index in [0.717, 1.165) is 4.78 Å². The summed E-state index contributed by atoms with van der Waals surface area (Å²) in [7, 11) is 0. The SMILES string of the molecule is Cc1cc(C)c([Se]CCl)c(C)c1. The van der Waals surface area contributed by atoms with E-state index >= 15 is 0 Å². The van der Waals surface area contributed by atoms with Gasteiger partial charge in [-0.05, 0) is 0 Å². The van der Waals surface area contributed by atoms with Crippen LogP contribution in [0.5, 0.6) is 0 Å². The summed E-state index contributed by atoms with van der Waals surface area (Å²) in [5.41, 5.74) is 4.14. The molecule has 0 unspecified atom stereocenters. The summed E-state index contributed by atoms with van der Waals surface area (Å²) in [6.07, 6.45) is 0. The minimum absolute atomic E-state index is 0.448. The molecule has 1 aromatic rings. The van der Waals surface area contributed by atoms with E-state index in [-0.39, 0.29) is 0 Å². The van der Waals surface area contributed by atoms with Crippen LogP contribution in [-0.2, 0) is 0 Å². The van der Waals surface area contributed by atoms with E-state index < -0.39 is 0 Å². The third-order valence-corrected chi connectivity index (χ3v) is 4.56. The predicted molar refractivity (Wildman–Crippen MR) is 56.8 cm³/mol. The van der Waals surface area contributed by atoms with Crippen molar-refractivity contribution in [2.24, 2.45) is 0 Å². The molecule has 1 rings (SSSR count). The quantitative estimate of drug-likeness (QED) is 0.555. The number of hydrogen-bond donors (Lipinski definition) is 0. The number of alkyl halides is 1. The van der Waals surface area contributed by atoms with Crippen LogP contribution in [0.3, 0.4) is 0 Å². The van der Waals surface area contributed by atoms with Gasteiger partial charge in [-0.3, -0.25) is 0 Å². The molecule has 0 amide bonds. The maximum atomic E-state index is 5.75. The van der Waals surface area contributed by atoms with Crippen LogP contribution < -0.4 is 4.46 Å². The monoisotopic (exact) mass is 248 g/mol. The molecule has 0 saturated heterocycles. The topological polar surface area (TPSA) is 0 Å². The van der Waals surface area contributed by atoms with E-state index in [4.69, 9.17) is 11.6 Å². The van der Waals surface area contributed by atoms with Crippen LogP contribution in [0.25, 0.3) is 0 Å². The zero-order chi connectivity index (χ0) is 9.14. The molecule has 1 aromatic carbocycles. The van der Waals surface area contributed by atoms with Gasteiger partial charge in [0.25, 0.3) is 0 Å². The Labute approximate surface area is 85.5 Å². The van der Waals surface area contributed by atoms with Crippen LogP contribution in [0, 0.1) is 20.8 Å². The first-order valence-corrected chi connectivity index (χ1v) is 6.52. The van der Waals surface area contributed by atoms with Crippen molar-refractivity contribution in [3.8, 4) is 0 Å². The third kappa shape index (κ3) is 2.26. The second-order valence-electron chi connectivity index (χ2n) is 2.98. The molecule has 0 heterocycles. The van der Waals surface area contributed by atoms with Gasteiger partial charge in [-0.15, -0.1) is 0 Å². The van der Waals surface area contributed by atoms with E-state index in [2.05, 4.69) is 32.9 Å². The van der Waals surface area contributed by atoms with E-state index in [1.54, 1.807) is 0 Å². The minimum atomic E-state index is 0.448. The Morgan fingerprint density at radius 3 is 2.08 bits per heavy atom. The van der Waals surface area contributed by atoms with Crippen molar-refractivity contribution in [3.05, 3.63) is 28.8 Å². The summed E-state index contributed by atoms with van der Waals surface area (Å²) in [4.78, 5) is 0. The molecule has 2 heteroatoms. The predicted octanol–water partition coefficient (Wildman–Crippen LogP) is 2.14. The zero-order valence-corrected chi connectivity index (χ0v) is 10.1. The summed E-state index contributed by atoms with van der Waals surface area (Å²) in [5.74, 6) is 0.